The van der Waals surface area contributed by atoms with E-state index in [0.29, 0.717) is 0 Å². The third-order valence-electron chi connectivity index (χ3n) is 2.10. The lowest BCUT2D eigenvalue weighted by Crippen LogP contribution is -2.36. The van der Waals surface area contributed by atoms with Gasteiger partial charge < -0.3 is 20.1 Å². The van der Waals surface area contributed by atoms with E-state index in [4.69, 9.17) is 5.73 Å². The maximum Gasteiger partial charge on any atom is 0.325 e. The molecule has 0 spiro atoms. The SMILES string of the molecule is COC(=O)CN(CC(=O)OC)c1nccnc1N. The Hall–Kier alpha value is -2.38. The number of anilines is 2. The van der Waals surface area contributed by atoms with Gasteiger partial charge in [0.15, 0.2) is 11.6 Å². The molecule has 0 aromatic carbocycles. The van der Waals surface area contributed by atoms with E-state index >= 15 is 0 Å². The fourth-order valence-corrected chi connectivity index (χ4v) is 1.23. The summed E-state index contributed by atoms with van der Waals surface area (Å²) in [6.45, 7) is -0.344. The number of rotatable bonds is 5. The molecule has 0 radical (unpaired) electrons. The maximum atomic E-state index is 11.3. The van der Waals surface area contributed by atoms with Crippen LogP contribution in [0.4, 0.5) is 11.6 Å². The number of hydrogen-bond donors (Lipinski definition) is 1. The van der Waals surface area contributed by atoms with Gasteiger partial charge in [-0.2, -0.15) is 0 Å². The van der Waals surface area contributed by atoms with Gasteiger partial charge in [-0.1, -0.05) is 0 Å². The zero-order valence-electron chi connectivity index (χ0n) is 10.1. The number of esters is 2. The van der Waals surface area contributed by atoms with Crippen LogP contribution in [0.5, 0.6) is 0 Å². The number of aromatic nitrogens is 2. The molecule has 1 rings (SSSR count). The molecule has 0 saturated carbocycles. The number of ether oxygens (including phenoxy) is 2. The monoisotopic (exact) mass is 254 g/mol. The van der Waals surface area contributed by atoms with E-state index in [0.717, 1.165) is 0 Å². The normalized spacial score (nSPS) is 9.67. The molecule has 0 aliphatic heterocycles. The molecule has 2 N–H and O–H groups in total. The summed E-state index contributed by atoms with van der Waals surface area (Å²) < 4.78 is 9.07. The molecule has 18 heavy (non-hydrogen) atoms. The Bertz CT molecular complexity index is 420. The number of hydrogen-bond acceptors (Lipinski definition) is 8. The van der Waals surface area contributed by atoms with Crippen LogP contribution in [-0.4, -0.2) is 49.2 Å². The van der Waals surface area contributed by atoms with Crippen LogP contribution >= 0.6 is 0 Å². The first-order valence-corrected chi connectivity index (χ1v) is 5.03. The lowest BCUT2D eigenvalue weighted by Gasteiger charge is -2.21. The number of methoxy groups -OCH3 is 2. The van der Waals surface area contributed by atoms with Crippen LogP contribution in [-0.2, 0) is 19.1 Å². The van der Waals surface area contributed by atoms with Gasteiger partial charge >= 0.3 is 11.9 Å². The van der Waals surface area contributed by atoms with Crippen molar-refractivity contribution in [3.8, 4) is 0 Å². The standard InChI is InChI=1S/C10H14N4O4/c1-17-7(15)5-14(6-8(16)18-2)10-9(11)12-3-4-13-10/h3-4H,5-6H2,1-2H3,(H2,11,12). The molecule has 0 aliphatic rings. The third kappa shape index (κ3) is 3.58. The first kappa shape index (κ1) is 13.7. The second-order valence-corrected chi connectivity index (χ2v) is 3.27. The molecule has 0 fully saturated rings. The van der Waals surface area contributed by atoms with Gasteiger partial charge in [-0.25, -0.2) is 9.97 Å². The summed E-state index contributed by atoms with van der Waals surface area (Å²) >= 11 is 0. The number of nitrogen functional groups attached to an aromatic ring is 1. The predicted octanol–water partition coefficient (Wildman–Crippen LogP) is -0.789. The van der Waals surface area contributed by atoms with E-state index in [1.54, 1.807) is 0 Å². The second kappa shape index (κ2) is 6.38. The number of carbonyl (C=O) groups excluding carboxylic acids is 2. The quantitative estimate of drug-likeness (QED) is 0.681. The number of nitrogens with two attached hydrogens (primary N) is 1. The van der Waals surface area contributed by atoms with Gasteiger partial charge in [0.1, 0.15) is 13.1 Å². The molecule has 0 amide bonds. The molecule has 0 atom stereocenters. The summed E-state index contributed by atoms with van der Waals surface area (Å²) in [6, 6.07) is 0. The highest BCUT2D eigenvalue weighted by Crippen LogP contribution is 2.16. The first-order chi connectivity index (χ1) is 8.58. The highest BCUT2D eigenvalue weighted by molar-refractivity contribution is 5.82. The molecule has 8 heteroatoms. The average molecular weight is 254 g/mol. The van der Waals surface area contributed by atoms with Crippen molar-refractivity contribution in [2.24, 2.45) is 0 Å². The smallest absolute Gasteiger partial charge is 0.325 e. The van der Waals surface area contributed by atoms with Crippen molar-refractivity contribution in [2.75, 3.05) is 37.9 Å². The van der Waals surface area contributed by atoms with Gasteiger partial charge in [-0.05, 0) is 0 Å². The van der Waals surface area contributed by atoms with Gasteiger partial charge in [0.05, 0.1) is 14.2 Å². The maximum absolute atomic E-state index is 11.3. The van der Waals surface area contributed by atoms with Gasteiger partial charge in [0.2, 0.25) is 0 Å². The van der Waals surface area contributed by atoms with Crippen molar-refractivity contribution in [1.82, 2.24) is 9.97 Å². The van der Waals surface area contributed by atoms with E-state index in [1.165, 1.54) is 31.5 Å². The van der Waals surface area contributed by atoms with Crippen LogP contribution in [0.1, 0.15) is 0 Å². The Balaban J connectivity index is 2.93. The largest absolute Gasteiger partial charge is 0.468 e. The van der Waals surface area contributed by atoms with Crippen molar-refractivity contribution >= 4 is 23.6 Å². The predicted molar refractivity (Wildman–Crippen MR) is 62.7 cm³/mol. The van der Waals surface area contributed by atoms with E-state index in [1.807, 2.05) is 0 Å². The highest BCUT2D eigenvalue weighted by atomic mass is 16.5. The molecule has 1 aromatic heterocycles. The number of carbonyl (C=O) groups is 2. The van der Waals surface area contributed by atoms with Gasteiger partial charge in [0, 0.05) is 12.4 Å². The van der Waals surface area contributed by atoms with Gasteiger partial charge in [-0.3, -0.25) is 9.59 Å². The van der Waals surface area contributed by atoms with E-state index in [2.05, 4.69) is 19.4 Å². The molecular weight excluding hydrogens is 240 g/mol. The fraction of sp³-hybridized carbons (Fsp3) is 0.400. The van der Waals surface area contributed by atoms with E-state index < -0.39 is 11.9 Å². The molecule has 98 valence electrons. The lowest BCUT2D eigenvalue weighted by atomic mass is 10.4. The summed E-state index contributed by atoms with van der Waals surface area (Å²) in [5.41, 5.74) is 5.64. The van der Waals surface area contributed by atoms with Crippen molar-refractivity contribution in [3.63, 3.8) is 0 Å². The Kier molecular flexibility index (Phi) is 4.85. The summed E-state index contributed by atoms with van der Waals surface area (Å²) in [7, 11) is 2.50. The summed E-state index contributed by atoms with van der Waals surface area (Å²) in [4.78, 5) is 31.7. The number of nitrogens with zero attached hydrogens (tertiary/aromatic N) is 3. The fourth-order valence-electron chi connectivity index (χ4n) is 1.23. The van der Waals surface area contributed by atoms with E-state index in [9.17, 15) is 9.59 Å². The third-order valence-corrected chi connectivity index (χ3v) is 2.10. The van der Waals surface area contributed by atoms with Crippen LogP contribution in [0.2, 0.25) is 0 Å². The molecule has 0 bridgehead atoms. The molecule has 0 saturated heterocycles. The minimum Gasteiger partial charge on any atom is -0.468 e. The van der Waals surface area contributed by atoms with E-state index in [-0.39, 0.29) is 24.7 Å². The minimum atomic E-state index is -0.524. The second-order valence-electron chi connectivity index (χ2n) is 3.27. The lowest BCUT2D eigenvalue weighted by molar-refractivity contribution is -0.140. The van der Waals surface area contributed by atoms with Crippen LogP contribution in [0.25, 0.3) is 0 Å². The summed E-state index contributed by atoms with van der Waals surface area (Å²) in [6.07, 6.45) is 2.82. The Morgan fingerprint density at radius 3 is 2.11 bits per heavy atom. The Morgan fingerprint density at radius 1 is 1.17 bits per heavy atom. The topological polar surface area (TPSA) is 108 Å². The highest BCUT2D eigenvalue weighted by Gasteiger charge is 2.19. The van der Waals surface area contributed by atoms with Crippen LogP contribution < -0.4 is 10.6 Å². The summed E-state index contributed by atoms with van der Waals surface area (Å²) in [5.74, 6) is -0.702. The van der Waals surface area contributed by atoms with Crippen molar-refractivity contribution < 1.29 is 19.1 Å². The molecular formula is C10H14N4O4. The minimum absolute atomic E-state index is 0.116. The van der Waals surface area contributed by atoms with Gasteiger partial charge in [0.25, 0.3) is 0 Å². The van der Waals surface area contributed by atoms with Crippen LogP contribution in [0, 0.1) is 0 Å². The van der Waals surface area contributed by atoms with Gasteiger partial charge in [-0.15, -0.1) is 0 Å². The Morgan fingerprint density at radius 2 is 1.67 bits per heavy atom. The summed E-state index contributed by atoms with van der Waals surface area (Å²) in [5, 5.41) is 0. The Labute approximate surface area is 104 Å². The molecule has 1 heterocycles. The molecule has 0 unspecified atom stereocenters. The van der Waals surface area contributed by atoms with Crippen molar-refractivity contribution in [2.45, 2.75) is 0 Å². The average Bonchev–Trinajstić information content (AvgIpc) is 2.38. The van der Waals surface area contributed by atoms with Crippen molar-refractivity contribution in [1.29, 1.82) is 0 Å². The zero-order valence-corrected chi connectivity index (χ0v) is 10.1. The molecule has 0 aliphatic carbocycles. The molecule has 8 nitrogen and oxygen atoms in total. The van der Waals surface area contributed by atoms with Crippen LogP contribution in [0.3, 0.4) is 0 Å². The zero-order chi connectivity index (χ0) is 13.5. The first-order valence-electron chi connectivity index (χ1n) is 5.03. The van der Waals surface area contributed by atoms with Crippen LogP contribution in [0.15, 0.2) is 12.4 Å². The van der Waals surface area contributed by atoms with Crippen molar-refractivity contribution in [3.05, 3.63) is 12.4 Å². The molecule has 1 aromatic rings.